The van der Waals surface area contributed by atoms with Crippen LogP contribution in [0.1, 0.15) is 38.2 Å². The maximum Gasteiger partial charge on any atom is 0.225 e. The molecule has 1 aliphatic carbocycles. The second-order valence-corrected chi connectivity index (χ2v) is 8.20. The van der Waals surface area contributed by atoms with Gasteiger partial charge in [-0.25, -0.2) is 15.0 Å². The third-order valence-electron chi connectivity index (χ3n) is 5.98. The van der Waals surface area contributed by atoms with Crippen LogP contribution in [0.4, 0.5) is 5.95 Å². The van der Waals surface area contributed by atoms with E-state index >= 15 is 0 Å². The lowest BCUT2D eigenvalue weighted by molar-refractivity contribution is 0.200. The van der Waals surface area contributed by atoms with E-state index < -0.39 is 0 Å². The number of benzene rings is 1. The Labute approximate surface area is 213 Å². The molecule has 2 aliphatic rings. The van der Waals surface area contributed by atoms with E-state index in [2.05, 4.69) is 44.1 Å². The first-order valence-corrected chi connectivity index (χ1v) is 11.7. The minimum atomic E-state index is 0. The maximum atomic E-state index is 6.25. The fraction of sp³-hybridized carbons (Fsp3) is 0.542. The van der Waals surface area contributed by atoms with Gasteiger partial charge in [-0.15, -0.1) is 24.0 Å². The van der Waals surface area contributed by atoms with Crippen molar-refractivity contribution in [2.45, 2.75) is 45.3 Å². The van der Waals surface area contributed by atoms with Crippen LogP contribution in [0.3, 0.4) is 0 Å². The fourth-order valence-electron chi connectivity index (χ4n) is 4.26. The molecule has 4 rings (SSSR count). The summed E-state index contributed by atoms with van der Waals surface area (Å²) in [6.07, 6.45) is 8.61. The minimum absolute atomic E-state index is 0. The number of hydrogen-bond donors (Lipinski definition) is 1. The molecule has 1 saturated heterocycles. The third kappa shape index (κ3) is 6.84. The average Bonchev–Trinajstić information content (AvgIpc) is 3.36. The van der Waals surface area contributed by atoms with Gasteiger partial charge in [-0.2, -0.15) is 0 Å². The Morgan fingerprint density at radius 3 is 2.48 bits per heavy atom. The van der Waals surface area contributed by atoms with Crippen molar-refractivity contribution in [2.24, 2.45) is 4.99 Å². The number of halogens is 1. The lowest BCUT2D eigenvalue weighted by Crippen LogP contribution is -2.52. The van der Waals surface area contributed by atoms with Crippen LogP contribution in [0, 0.1) is 0 Å². The van der Waals surface area contributed by atoms with Gasteiger partial charge < -0.3 is 24.6 Å². The lowest BCUT2D eigenvalue weighted by Gasteiger charge is -2.36. The molecule has 1 aromatic heterocycles. The standard InChI is InChI=1S/C24H34N6O2.HI/c1-3-25-23(29-13-15-30(16-14-29)24-26-11-6-12-27-24)28-18-19-9-10-21(31-2)22(17-19)32-20-7-4-5-8-20;/h6,9-12,17,20H,3-5,7-8,13-16,18H2,1-2H3,(H,25,28);1H. The topological polar surface area (TPSA) is 75.1 Å². The summed E-state index contributed by atoms with van der Waals surface area (Å²) in [6.45, 7) is 7.03. The molecule has 2 heterocycles. The highest BCUT2D eigenvalue weighted by atomic mass is 127. The monoisotopic (exact) mass is 566 g/mol. The van der Waals surface area contributed by atoms with Crippen molar-refractivity contribution in [3.8, 4) is 11.5 Å². The van der Waals surface area contributed by atoms with Crippen LogP contribution in [0.15, 0.2) is 41.7 Å². The molecule has 2 fully saturated rings. The predicted molar refractivity (Wildman–Crippen MR) is 142 cm³/mol. The molecule has 1 saturated carbocycles. The summed E-state index contributed by atoms with van der Waals surface area (Å²) in [6, 6.07) is 7.98. The van der Waals surface area contributed by atoms with Crippen LogP contribution in [0.25, 0.3) is 0 Å². The zero-order chi connectivity index (χ0) is 22.2. The molecule has 0 atom stereocenters. The Hall–Kier alpha value is -2.30. The van der Waals surface area contributed by atoms with Gasteiger partial charge in [-0.1, -0.05) is 6.07 Å². The maximum absolute atomic E-state index is 6.25. The number of nitrogens with zero attached hydrogens (tertiary/aromatic N) is 5. The van der Waals surface area contributed by atoms with Gasteiger partial charge in [0, 0.05) is 45.1 Å². The predicted octanol–water partition coefficient (Wildman–Crippen LogP) is 3.71. The molecular formula is C24H35IN6O2. The van der Waals surface area contributed by atoms with Crippen LogP contribution in [-0.4, -0.2) is 66.8 Å². The Morgan fingerprint density at radius 2 is 1.82 bits per heavy atom. The van der Waals surface area contributed by atoms with Gasteiger partial charge in [0.15, 0.2) is 17.5 Å². The first kappa shape index (κ1) is 25.3. The Morgan fingerprint density at radius 1 is 1.09 bits per heavy atom. The molecule has 33 heavy (non-hydrogen) atoms. The third-order valence-corrected chi connectivity index (χ3v) is 5.98. The summed E-state index contributed by atoms with van der Waals surface area (Å²) < 4.78 is 11.8. The van der Waals surface area contributed by atoms with Gasteiger partial charge in [-0.3, -0.25) is 0 Å². The van der Waals surface area contributed by atoms with E-state index in [1.807, 2.05) is 12.1 Å². The molecule has 1 aromatic carbocycles. The largest absolute Gasteiger partial charge is 0.493 e. The number of ether oxygens (including phenoxy) is 2. The van der Waals surface area contributed by atoms with Crippen LogP contribution in [0.5, 0.6) is 11.5 Å². The van der Waals surface area contributed by atoms with Gasteiger partial charge in [-0.05, 0) is 56.4 Å². The molecule has 0 radical (unpaired) electrons. The Kier molecular flexibility index (Phi) is 9.83. The first-order valence-electron chi connectivity index (χ1n) is 11.7. The van der Waals surface area contributed by atoms with Crippen molar-refractivity contribution in [3.63, 3.8) is 0 Å². The molecule has 2 aromatic rings. The van der Waals surface area contributed by atoms with Crippen molar-refractivity contribution < 1.29 is 9.47 Å². The van der Waals surface area contributed by atoms with Gasteiger partial charge in [0.25, 0.3) is 0 Å². The van der Waals surface area contributed by atoms with E-state index in [0.717, 1.165) is 74.5 Å². The highest BCUT2D eigenvalue weighted by molar-refractivity contribution is 14.0. The molecule has 0 spiro atoms. The van der Waals surface area contributed by atoms with Crippen LogP contribution >= 0.6 is 24.0 Å². The number of nitrogens with one attached hydrogen (secondary N) is 1. The number of aliphatic imine (C=N–C) groups is 1. The SMILES string of the molecule is CCNC(=NCc1ccc(OC)c(OC2CCCC2)c1)N1CCN(c2ncccn2)CC1.I. The first-order chi connectivity index (χ1) is 15.8. The summed E-state index contributed by atoms with van der Waals surface area (Å²) in [5.74, 6) is 3.35. The van der Waals surface area contributed by atoms with E-state index in [0.29, 0.717) is 12.6 Å². The zero-order valence-electron chi connectivity index (χ0n) is 19.6. The molecule has 0 unspecified atom stereocenters. The van der Waals surface area contributed by atoms with Gasteiger partial charge in [0.05, 0.1) is 19.8 Å². The number of piperazine rings is 1. The minimum Gasteiger partial charge on any atom is -0.493 e. The van der Waals surface area contributed by atoms with Crippen LogP contribution < -0.4 is 19.7 Å². The van der Waals surface area contributed by atoms with E-state index in [1.165, 1.54) is 12.8 Å². The molecule has 0 bridgehead atoms. The molecule has 0 amide bonds. The number of methoxy groups -OCH3 is 1. The van der Waals surface area contributed by atoms with Gasteiger partial charge in [0.1, 0.15) is 0 Å². The van der Waals surface area contributed by atoms with Crippen LogP contribution in [0.2, 0.25) is 0 Å². The second-order valence-electron chi connectivity index (χ2n) is 8.20. The van der Waals surface area contributed by atoms with Crippen molar-refractivity contribution in [2.75, 3.05) is 44.7 Å². The number of rotatable bonds is 7. The van der Waals surface area contributed by atoms with Crippen molar-refractivity contribution in [1.82, 2.24) is 20.2 Å². The van der Waals surface area contributed by atoms with Crippen LogP contribution in [-0.2, 0) is 6.54 Å². The summed E-state index contributed by atoms with van der Waals surface area (Å²) in [4.78, 5) is 18.2. The number of aromatic nitrogens is 2. The zero-order valence-corrected chi connectivity index (χ0v) is 21.9. The molecule has 9 heteroatoms. The van der Waals surface area contributed by atoms with E-state index in [1.54, 1.807) is 19.5 Å². The molecule has 180 valence electrons. The fourth-order valence-corrected chi connectivity index (χ4v) is 4.26. The van der Waals surface area contributed by atoms with E-state index in [9.17, 15) is 0 Å². The average molecular weight is 566 g/mol. The number of guanidine groups is 1. The number of hydrogen-bond acceptors (Lipinski definition) is 6. The highest BCUT2D eigenvalue weighted by Crippen LogP contribution is 2.32. The smallest absolute Gasteiger partial charge is 0.225 e. The highest BCUT2D eigenvalue weighted by Gasteiger charge is 2.21. The molecule has 8 nitrogen and oxygen atoms in total. The lowest BCUT2D eigenvalue weighted by atomic mass is 10.2. The molecule has 1 aliphatic heterocycles. The number of anilines is 1. The van der Waals surface area contributed by atoms with Crippen molar-refractivity contribution in [3.05, 3.63) is 42.2 Å². The quantitative estimate of drug-likeness (QED) is 0.311. The van der Waals surface area contributed by atoms with E-state index in [-0.39, 0.29) is 24.0 Å². The van der Waals surface area contributed by atoms with Crippen molar-refractivity contribution >= 4 is 35.9 Å². The van der Waals surface area contributed by atoms with Gasteiger partial charge in [0.2, 0.25) is 5.95 Å². The Bertz CT molecular complexity index is 884. The summed E-state index contributed by atoms with van der Waals surface area (Å²) in [5, 5.41) is 3.44. The summed E-state index contributed by atoms with van der Waals surface area (Å²) >= 11 is 0. The Balaban J connectivity index is 0.00000306. The summed E-state index contributed by atoms with van der Waals surface area (Å²) in [7, 11) is 1.69. The summed E-state index contributed by atoms with van der Waals surface area (Å²) in [5.41, 5.74) is 1.12. The molecular weight excluding hydrogens is 531 g/mol. The van der Waals surface area contributed by atoms with Gasteiger partial charge >= 0.3 is 0 Å². The molecule has 1 N–H and O–H groups in total. The van der Waals surface area contributed by atoms with E-state index in [4.69, 9.17) is 14.5 Å². The normalized spacial score (nSPS) is 17.0. The second kappa shape index (κ2) is 12.8. The van der Waals surface area contributed by atoms with Crippen molar-refractivity contribution in [1.29, 1.82) is 0 Å².